The maximum Gasteiger partial charge on any atom is 0.162 e. The first-order chi connectivity index (χ1) is 13.8. The highest BCUT2D eigenvalue weighted by atomic mass is 32.2. The van der Waals surface area contributed by atoms with Crippen LogP contribution in [0.25, 0.3) is 0 Å². The van der Waals surface area contributed by atoms with Crippen LogP contribution in [0.2, 0.25) is 0 Å². The minimum Gasteiger partial charge on any atom is -0.490 e. The van der Waals surface area contributed by atoms with E-state index in [0.29, 0.717) is 13.2 Å². The molecule has 0 aromatic heterocycles. The summed E-state index contributed by atoms with van der Waals surface area (Å²) < 4.78 is 12.2. The summed E-state index contributed by atoms with van der Waals surface area (Å²) in [6.45, 7) is 5.13. The van der Waals surface area contributed by atoms with Gasteiger partial charge in [-0.05, 0) is 38.1 Å². The van der Waals surface area contributed by atoms with Crippen molar-refractivity contribution < 1.29 is 9.47 Å². The van der Waals surface area contributed by atoms with Gasteiger partial charge in [-0.25, -0.2) is 9.98 Å². The molecule has 2 aliphatic heterocycles. The fraction of sp³-hybridized carbons (Fsp3) is 0.182. The highest BCUT2D eigenvalue weighted by molar-refractivity contribution is 8.00. The third-order valence-corrected chi connectivity index (χ3v) is 6.77. The van der Waals surface area contributed by atoms with E-state index in [1.165, 1.54) is 0 Å². The monoisotopic (exact) mass is 406 g/mol. The number of rotatable bonds is 4. The first kappa shape index (κ1) is 17.6. The molecule has 0 aliphatic carbocycles. The molecule has 6 heteroatoms. The summed E-state index contributed by atoms with van der Waals surface area (Å²) in [4.78, 5) is 14.1. The topological polar surface area (TPSA) is 43.2 Å². The number of para-hydroxylation sites is 2. The van der Waals surface area contributed by atoms with Crippen LogP contribution < -0.4 is 20.2 Å². The maximum absolute atomic E-state index is 6.12. The molecule has 0 spiro atoms. The van der Waals surface area contributed by atoms with Crippen LogP contribution in [0.4, 0.5) is 11.4 Å². The molecule has 0 unspecified atom stereocenters. The molecular formula is C22H18N2O2S2. The molecule has 0 radical (unpaired) electrons. The molecule has 2 heterocycles. The molecule has 0 saturated carbocycles. The van der Waals surface area contributed by atoms with Crippen LogP contribution >= 0.6 is 23.5 Å². The lowest BCUT2D eigenvalue weighted by Crippen LogP contribution is -2.25. The first-order valence-corrected chi connectivity index (χ1v) is 10.9. The Labute approximate surface area is 171 Å². The Morgan fingerprint density at radius 2 is 1.11 bits per heavy atom. The van der Waals surface area contributed by atoms with Gasteiger partial charge in [0, 0.05) is 9.79 Å². The van der Waals surface area contributed by atoms with E-state index in [1.54, 1.807) is 23.5 Å². The van der Waals surface area contributed by atoms with Crippen molar-refractivity contribution in [1.29, 1.82) is 0 Å². The molecule has 0 atom stereocenters. The zero-order valence-corrected chi connectivity index (χ0v) is 17.2. The predicted molar refractivity (Wildman–Crippen MR) is 112 cm³/mol. The minimum absolute atomic E-state index is 0.566. The van der Waals surface area contributed by atoms with Crippen molar-refractivity contribution in [1.82, 2.24) is 0 Å². The smallest absolute Gasteiger partial charge is 0.162 e. The quantitative estimate of drug-likeness (QED) is 0.405. The van der Waals surface area contributed by atoms with Gasteiger partial charge in [0.1, 0.15) is 10.7 Å². The second-order valence-corrected chi connectivity index (χ2v) is 8.35. The van der Waals surface area contributed by atoms with Gasteiger partial charge in [0.05, 0.1) is 34.4 Å². The van der Waals surface area contributed by atoms with Gasteiger partial charge in [-0.2, -0.15) is 0 Å². The summed E-state index contributed by atoms with van der Waals surface area (Å²) in [5.41, 5.74) is 1.92. The molecule has 0 amide bonds. The summed E-state index contributed by atoms with van der Waals surface area (Å²) >= 11 is 3.35. The van der Waals surface area contributed by atoms with Gasteiger partial charge >= 0.3 is 0 Å². The van der Waals surface area contributed by atoms with E-state index in [4.69, 9.17) is 19.5 Å². The van der Waals surface area contributed by atoms with E-state index in [1.807, 2.05) is 50.2 Å². The molecule has 3 aromatic carbocycles. The van der Waals surface area contributed by atoms with Gasteiger partial charge < -0.3 is 9.47 Å². The molecular weight excluding hydrogens is 388 g/mol. The van der Waals surface area contributed by atoms with E-state index < -0.39 is 0 Å². The van der Waals surface area contributed by atoms with E-state index in [2.05, 4.69) is 12.1 Å². The maximum atomic E-state index is 6.12. The second kappa shape index (κ2) is 7.18. The molecule has 140 valence electrons. The Kier molecular flexibility index (Phi) is 4.53. The minimum atomic E-state index is 0.566. The molecule has 0 fully saturated rings. The number of fused-ring (bicyclic) bond motifs is 4. The van der Waals surface area contributed by atoms with Crippen LogP contribution in [0.1, 0.15) is 13.8 Å². The van der Waals surface area contributed by atoms with Gasteiger partial charge in [0.2, 0.25) is 0 Å². The first-order valence-electron chi connectivity index (χ1n) is 9.27. The van der Waals surface area contributed by atoms with Crippen LogP contribution in [-0.2, 0) is 0 Å². The highest BCUT2D eigenvalue weighted by Gasteiger charge is 2.28. The van der Waals surface area contributed by atoms with E-state index in [0.717, 1.165) is 53.2 Å². The van der Waals surface area contributed by atoms with Crippen molar-refractivity contribution >= 4 is 34.9 Å². The lowest BCUT2D eigenvalue weighted by atomic mass is 10.2. The summed E-state index contributed by atoms with van der Waals surface area (Å²) in [5, 5.41) is 1.68. The van der Waals surface area contributed by atoms with Gasteiger partial charge in [-0.15, -0.1) is 0 Å². The van der Waals surface area contributed by atoms with Gasteiger partial charge in [0.15, 0.2) is 11.5 Å². The third kappa shape index (κ3) is 2.79. The Morgan fingerprint density at radius 1 is 0.679 bits per heavy atom. The van der Waals surface area contributed by atoms with Crippen molar-refractivity contribution in [2.75, 3.05) is 13.2 Å². The van der Waals surface area contributed by atoms with Gasteiger partial charge in [-0.3, -0.25) is 0 Å². The van der Waals surface area contributed by atoms with Crippen LogP contribution in [0, 0.1) is 0 Å². The van der Waals surface area contributed by atoms with Crippen LogP contribution in [0.15, 0.2) is 78.1 Å². The van der Waals surface area contributed by atoms with Crippen molar-refractivity contribution in [2.24, 2.45) is 9.98 Å². The van der Waals surface area contributed by atoms with Gasteiger partial charge in [0.25, 0.3) is 0 Å². The molecule has 0 N–H and O–H groups in total. The molecule has 2 aliphatic rings. The Morgan fingerprint density at radius 3 is 1.54 bits per heavy atom. The number of benzene rings is 3. The summed E-state index contributed by atoms with van der Waals surface area (Å²) in [6.07, 6.45) is 0. The average Bonchev–Trinajstić information content (AvgIpc) is 2.74. The molecule has 5 rings (SSSR count). The fourth-order valence-electron chi connectivity index (χ4n) is 3.32. The van der Waals surface area contributed by atoms with Crippen molar-refractivity contribution in [3.63, 3.8) is 0 Å². The summed E-state index contributed by atoms with van der Waals surface area (Å²) in [6, 6.07) is 16.3. The normalized spacial score (nSPS) is 13.2. The molecule has 0 saturated heterocycles. The average molecular weight is 407 g/mol. The van der Waals surface area contributed by atoms with Crippen molar-refractivity contribution in [2.45, 2.75) is 33.4 Å². The van der Waals surface area contributed by atoms with E-state index >= 15 is 0 Å². The SMILES string of the molecule is CCOc1c2c(c(OCC)c3c1=Nc1ccccc1S3)=Nc1ccccc1S2. The molecule has 4 nitrogen and oxygen atoms in total. The van der Waals surface area contributed by atoms with Crippen LogP contribution in [0.3, 0.4) is 0 Å². The largest absolute Gasteiger partial charge is 0.490 e. The van der Waals surface area contributed by atoms with Crippen LogP contribution in [-0.4, -0.2) is 13.2 Å². The molecule has 28 heavy (non-hydrogen) atoms. The fourth-order valence-corrected chi connectivity index (χ4v) is 5.45. The lowest BCUT2D eigenvalue weighted by Gasteiger charge is -2.23. The number of nitrogens with zero attached hydrogens (tertiary/aromatic N) is 2. The Balaban J connectivity index is 1.89. The van der Waals surface area contributed by atoms with Crippen molar-refractivity contribution in [3.8, 4) is 11.5 Å². The molecule has 0 bridgehead atoms. The second-order valence-electron chi connectivity index (χ2n) is 6.24. The van der Waals surface area contributed by atoms with Crippen LogP contribution in [0.5, 0.6) is 11.5 Å². The third-order valence-electron chi connectivity index (χ3n) is 4.47. The Hall–Kier alpha value is -2.44. The zero-order chi connectivity index (χ0) is 19.1. The Bertz CT molecular complexity index is 1110. The number of hydrogen-bond acceptors (Lipinski definition) is 6. The zero-order valence-electron chi connectivity index (χ0n) is 15.6. The number of ether oxygens (including phenoxy) is 2. The summed E-state index contributed by atoms with van der Waals surface area (Å²) in [7, 11) is 0. The standard InChI is InChI=1S/C22H18N2O2S2/c1-3-25-19-17-22(28-16-12-8-5-9-13(16)23-17)20(26-4-2)18-21(19)27-15-11-7-6-10-14(15)24-18/h5-12H,3-4H2,1-2H3. The van der Waals surface area contributed by atoms with E-state index in [9.17, 15) is 0 Å². The molecule has 3 aromatic rings. The van der Waals surface area contributed by atoms with Crippen molar-refractivity contribution in [3.05, 3.63) is 59.2 Å². The van der Waals surface area contributed by atoms with E-state index in [-0.39, 0.29) is 0 Å². The predicted octanol–water partition coefficient (Wildman–Crippen LogP) is 5.32. The lowest BCUT2D eigenvalue weighted by molar-refractivity contribution is 0.308. The number of hydrogen-bond donors (Lipinski definition) is 0. The highest BCUT2D eigenvalue weighted by Crippen LogP contribution is 2.46. The van der Waals surface area contributed by atoms with Gasteiger partial charge in [-0.1, -0.05) is 47.8 Å². The summed E-state index contributed by atoms with van der Waals surface area (Å²) in [5.74, 6) is 1.59.